The van der Waals surface area contributed by atoms with Crippen molar-refractivity contribution in [2.45, 2.75) is 0 Å². The number of hydrogen-bond acceptors (Lipinski definition) is 2. The Balaban J connectivity index is 2.58. The molecule has 0 heterocycles. The SMILES string of the molecule is NC(=O)c1ccc(-c2cc(Cl)ccc2F)c(O)c1. The molecule has 0 radical (unpaired) electrons. The lowest BCUT2D eigenvalue weighted by atomic mass is 10.0. The van der Waals surface area contributed by atoms with Crippen molar-refractivity contribution in [2.24, 2.45) is 5.73 Å². The van der Waals surface area contributed by atoms with Gasteiger partial charge in [0.05, 0.1) is 0 Å². The van der Waals surface area contributed by atoms with Gasteiger partial charge in [-0.3, -0.25) is 4.79 Å². The molecule has 18 heavy (non-hydrogen) atoms. The second-order valence-electron chi connectivity index (χ2n) is 3.72. The molecule has 0 atom stereocenters. The summed E-state index contributed by atoms with van der Waals surface area (Å²) in [5.41, 5.74) is 5.64. The Hall–Kier alpha value is -2.07. The average Bonchev–Trinajstić information content (AvgIpc) is 2.32. The van der Waals surface area contributed by atoms with Crippen LogP contribution in [0.3, 0.4) is 0 Å². The van der Waals surface area contributed by atoms with E-state index in [9.17, 15) is 14.3 Å². The van der Waals surface area contributed by atoms with E-state index in [2.05, 4.69) is 0 Å². The van der Waals surface area contributed by atoms with Crippen molar-refractivity contribution in [3.8, 4) is 16.9 Å². The molecule has 2 aromatic carbocycles. The molecule has 0 unspecified atom stereocenters. The Morgan fingerprint density at radius 2 is 1.89 bits per heavy atom. The van der Waals surface area contributed by atoms with E-state index < -0.39 is 11.7 Å². The number of aromatic hydroxyl groups is 1. The van der Waals surface area contributed by atoms with Gasteiger partial charge < -0.3 is 10.8 Å². The van der Waals surface area contributed by atoms with Gasteiger partial charge in [-0.2, -0.15) is 0 Å². The van der Waals surface area contributed by atoms with Crippen LogP contribution in [0.25, 0.3) is 11.1 Å². The van der Waals surface area contributed by atoms with E-state index >= 15 is 0 Å². The molecule has 0 fully saturated rings. The molecule has 0 bridgehead atoms. The number of primary amides is 1. The lowest BCUT2D eigenvalue weighted by molar-refractivity contribution is 0.1000. The summed E-state index contributed by atoms with van der Waals surface area (Å²) in [5.74, 6) is -1.41. The molecule has 0 saturated carbocycles. The Morgan fingerprint density at radius 3 is 2.50 bits per heavy atom. The average molecular weight is 266 g/mol. The van der Waals surface area contributed by atoms with Crippen molar-refractivity contribution in [2.75, 3.05) is 0 Å². The highest BCUT2D eigenvalue weighted by Gasteiger charge is 2.12. The summed E-state index contributed by atoms with van der Waals surface area (Å²) in [6.07, 6.45) is 0. The number of hydrogen-bond donors (Lipinski definition) is 2. The van der Waals surface area contributed by atoms with Crippen LogP contribution in [0, 0.1) is 5.82 Å². The van der Waals surface area contributed by atoms with E-state index in [4.69, 9.17) is 17.3 Å². The summed E-state index contributed by atoms with van der Waals surface area (Å²) in [4.78, 5) is 10.9. The topological polar surface area (TPSA) is 63.3 Å². The summed E-state index contributed by atoms with van der Waals surface area (Å²) in [6.45, 7) is 0. The molecule has 0 aliphatic carbocycles. The number of halogens is 2. The minimum Gasteiger partial charge on any atom is -0.507 e. The van der Waals surface area contributed by atoms with E-state index in [1.807, 2.05) is 0 Å². The predicted molar refractivity (Wildman–Crippen MR) is 67.0 cm³/mol. The molecule has 5 heteroatoms. The fourth-order valence-corrected chi connectivity index (χ4v) is 1.79. The van der Waals surface area contributed by atoms with Gasteiger partial charge in [-0.1, -0.05) is 11.6 Å². The number of benzene rings is 2. The van der Waals surface area contributed by atoms with Gasteiger partial charge in [-0.05, 0) is 36.4 Å². The molecular formula is C13H9ClFNO2. The number of rotatable bonds is 2. The Bertz CT molecular complexity index is 628. The van der Waals surface area contributed by atoms with Crippen LogP contribution in [0.5, 0.6) is 5.75 Å². The fraction of sp³-hybridized carbons (Fsp3) is 0. The van der Waals surface area contributed by atoms with Crippen LogP contribution in [-0.2, 0) is 0 Å². The van der Waals surface area contributed by atoms with Gasteiger partial charge in [0.1, 0.15) is 11.6 Å². The zero-order valence-corrected chi connectivity index (χ0v) is 9.91. The van der Waals surface area contributed by atoms with Crippen molar-refractivity contribution in [1.29, 1.82) is 0 Å². The first-order valence-electron chi connectivity index (χ1n) is 5.07. The normalized spacial score (nSPS) is 10.3. The largest absolute Gasteiger partial charge is 0.507 e. The third-order valence-electron chi connectivity index (χ3n) is 2.50. The van der Waals surface area contributed by atoms with Crippen molar-refractivity contribution in [3.63, 3.8) is 0 Å². The summed E-state index contributed by atoms with van der Waals surface area (Å²) in [6, 6.07) is 8.05. The maximum absolute atomic E-state index is 13.6. The van der Waals surface area contributed by atoms with Gasteiger partial charge in [0.2, 0.25) is 5.91 Å². The van der Waals surface area contributed by atoms with Gasteiger partial charge in [0.15, 0.2) is 0 Å². The highest BCUT2D eigenvalue weighted by atomic mass is 35.5. The third kappa shape index (κ3) is 2.28. The van der Waals surface area contributed by atoms with E-state index in [0.717, 1.165) is 0 Å². The van der Waals surface area contributed by atoms with Gasteiger partial charge in [-0.25, -0.2) is 4.39 Å². The van der Waals surface area contributed by atoms with Gasteiger partial charge in [0, 0.05) is 21.7 Å². The summed E-state index contributed by atoms with van der Waals surface area (Å²) >= 11 is 5.78. The van der Waals surface area contributed by atoms with Gasteiger partial charge in [0.25, 0.3) is 0 Å². The Kier molecular flexibility index (Phi) is 3.21. The van der Waals surface area contributed by atoms with Crippen LogP contribution < -0.4 is 5.73 Å². The summed E-state index contributed by atoms with van der Waals surface area (Å²) in [7, 11) is 0. The maximum atomic E-state index is 13.6. The van der Waals surface area contributed by atoms with E-state index in [1.165, 1.54) is 36.4 Å². The zero-order chi connectivity index (χ0) is 13.3. The number of carbonyl (C=O) groups excluding carboxylic acids is 1. The quantitative estimate of drug-likeness (QED) is 0.877. The molecule has 0 aliphatic rings. The van der Waals surface area contributed by atoms with E-state index in [1.54, 1.807) is 0 Å². The van der Waals surface area contributed by atoms with Crippen LogP contribution in [0.2, 0.25) is 5.02 Å². The highest BCUT2D eigenvalue weighted by Crippen LogP contribution is 2.33. The lowest BCUT2D eigenvalue weighted by Crippen LogP contribution is -2.10. The molecule has 0 aromatic heterocycles. The standard InChI is InChI=1S/C13H9ClFNO2/c14-8-2-4-11(15)10(6-8)9-3-1-7(13(16)18)5-12(9)17/h1-6,17H,(H2,16,18). The number of carbonyl (C=O) groups is 1. The third-order valence-corrected chi connectivity index (χ3v) is 2.74. The fourth-order valence-electron chi connectivity index (χ4n) is 1.62. The van der Waals surface area contributed by atoms with Crippen LogP contribution in [0.1, 0.15) is 10.4 Å². The van der Waals surface area contributed by atoms with Crippen LogP contribution >= 0.6 is 11.6 Å². The van der Waals surface area contributed by atoms with Crippen molar-refractivity contribution in [1.82, 2.24) is 0 Å². The lowest BCUT2D eigenvalue weighted by Gasteiger charge is -2.07. The second kappa shape index (κ2) is 4.66. The van der Waals surface area contributed by atoms with Gasteiger partial charge in [-0.15, -0.1) is 0 Å². The predicted octanol–water partition coefficient (Wildman–Crippen LogP) is 2.95. The molecule has 0 saturated heterocycles. The Labute approximate surface area is 108 Å². The number of phenols is 1. The molecule has 92 valence electrons. The highest BCUT2D eigenvalue weighted by molar-refractivity contribution is 6.30. The Morgan fingerprint density at radius 1 is 1.17 bits per heavy atom. The van der Waals surface area contributed by atoms with Crippen molar-refractivity contribution < 1.29 is 14.3 Å². The summed E-state index contributed by atoms with van der Waals surface area (Å²) < 4.78 is 13.6. The number of amides is 1. The first-order valence-corrected chi connectivity index (χ1v) is 5.45. The minimum absolute atomic E-state index is 0.152. The first kappa shape index (κ1) is 12.4. The minimum atomic E-state index is -0.664. The van der Waals surface area contributed by atoms with E-state index in [0.29, 0.717) is 5.02 Å². The molecule has 0 spiro atoms. The van der Waals surface area contributed by atoms with Crippen molar-refractivity contribution >= 4 is 17.5 Å². The summed E-state index contributed by atoms with van der Waals surface area (Å²) in [5, 5.41) is 10.1. The molecule has 1 amide bonds. The zero-order valence-electron chi connectivity index (χ0n) is 9.15. The molecule has 2 rings (SSSR count). The van der Waals surface area contributed by atoms with Crippen LogP contribution in [0.4, 0.5) is 4.39 Å². The maximum Gasteiger partial charge on any atom is 0.248 e. The molecule has 3 nitrogen and oxygen atoms in total. The molecular weight excluding hydrogens is 257 g/mol. The van der Waals surface area contributed by atoms with Gasteiger partial charge >= 0.3 is 0 Å². The number of nitrogens with two attached hydrogens (primary N) is 1. The first-order chi connectivity index (χ1) is 8.49. The van der Waals surface area contributed by atoms with Crippen LogP contribution in [-0.4, -0.2) is 11.0 Å². The molecule has 0 aliphatic heterocycles. The monoisotopic (exact) mass is 265 g/mol. The smallest absolute Gasteiger partial charge is 0.248 e. The van der Waals surface area contributed by atoms with Crippen molar-refractivity contribution in [3.05, 3.63) is 52.8 Å². The van der Waals surface area contributed by atoms with Crippen LogP contribution in [0.15, 0.2) is 36.4 Å². The second-order valence-corrected chi connectivity index (χ2v) is 4.16. The van der Waals surface area contributed by atoms with E-state index in [-0.39, 0.29) is 22.4 Å². The molecule has 2 aromatic rings. The number of phenolic OH excluding ortho intramolecular Hbond substituents is 1. The molecule has 3 N–H and O–H groups in total.